The zero-order valence-corrected chi connectivity index (χ0v) is 13.5. The molecular weight excluding hydrogens is 280 g/mol. The zero-order chi connectivity index (χ0) is 15.4. The molecule has 0 aromatic heterocycles. The number of nitrogens with zero attached hydrogens (tertiary/aromatic N) is 1. The highest BCUT2D eigenvalue weighted by atomic mass is 16.5. The van der Waals surface area contributed by atoms with Gasteiger partial charge in [0.1, 0.15) is 11.5 Å². The van der Waals surface area contributed by atoms with E-state index in [2.05, 4.69) is 10.2 Å². The predicted molar refractivity (Wildman–Crippen MR) is 85.6 cm³/mol. The molecule has 1 atom stereocenters. The summed E-state index contributed by atoms with van der Waals surface area (Å²) in [4.78, 5) is 2.57. The largest absolute Gasteiger partial charge is 0.497 e. The van der Waals surface area contributed by atoms with Crippen LogP contribution in [0.2, 0.25) is 0 Å². The van der Waals surface area contributed by atoms with Gasteiger partial charge in [-0.15, -0.1) is 0 Å². The summed E-state index contributed by atoms with van der Waals surface area (Å²) in [5.74, 6) is 1.67. The van der Waals surface area contributed by atoms with Gasteiger partial charge in [0, 0.05) is 43.9 Å². The van der Waals surface area contributed by atoms with Crippen LogP contribution in [0.25, 0.3) is 0 Å². The maximum atomic E-state index is 5.86. The maximum Gasteiger partial charge on any atom is 0.127 e. The van der Waals surface area contributed by atoms with E-state index in [4.69, 9.17) is 14.2 Å². The second-order valence-corrected chi connectivity index (χ2v) is 6.03. The molecule has 2 aliphatic rings. The third-order valence-electron chi connectivity index (χ3n) is 4.42. The molecule has 5 heteroatoms. The second-order valence-electron chi connectivity index (χ2n) is 6.03. The van der Waals surface area contributed by atoms with E-state index in [1.165, 1.54) is 12.8 Å². The first-order chi connectivity index (χ1) is 10.8. The lowest BCUT2D eigenvalue weighted by molar-refractivity contribution is -0.0301. The highest BCUT2D eigenvalue weighted by Crippen LogP contribution is 2.28. The fourth-order valence-electron chi connectivity index (χ4n) is 3.00. The van der Waals surface area contributed by atoms with Gasteiger partial charge in [-0.25, -0.2) is 0 Å². The van der Waals surface area contributed by atoms with Gasteiger partial charge < -0.3 is 19.5 Å². The standard InChI is InChI=1S/C17H26N2O3/c1-20-15-6-3-13(17(9-15)21-2)10-18-11-16-12-19(7-8-22-16)14-4-5-14/h3,6,9,14,16,18H,4-5,7-8,10-12H2,1-2H3. The van der Waals surface area contributed by atoms with Crippen LogP contribution in [0.4, 0.5) is 0 Å². The SMILES string of the molecule is COc1ccc(CNCC2CN(C3CC3)CCO2)c(OC)c1. The molecule has 1 N–H and O–H groups in total. The van der Waals surface area contributed by atoms with Gasteiger partial charge in [0.05, 0.1) is 26.9 Å². The molecule has 3 rings (SSSR count). The number of benzene rings is 1. The fourth-order valence-corrected chi connectivity index (χ4v) is 3.00. The molecule has 0 spiro atoms. The normalized spacial score (nSPS) is 22.5. The van der Waals surface area contributed by atoms with Gasteiger partial charge in [-0.3, -0.25) is 4.90 Å². The van der Waals surface area contributed by atoms with Crippen LogP contribution in [0.3, 0.4) is 0 Å². The first-order valence-corrected chi connectivity index (χ1v) is 8.07. The van der Waals surface area contributed by atoms with Crippen molar-refractivity contribution in [3.8, 4) is 11.5 Å². The summed E-state index contributed by atoms with van der Waals surface area (Å²) in [6.07, 6.45) is 3.02. The summed E-state index contributed by atoms with van der Waals surface area (Å²) in [5.41, 5.74) is 1.14. The summed E-state index contributed by atoms with van der Waals surface area (Å²) < 4.78 is 16.5. The Morgan fingerprint density at radius 1 is 1.27 bits per heavy atom. The van der Waals surface area contributed by atoms with Crippen molar-refractivity contribution in [2.24, 2.45) is 0 Å². The molecule has 1 aliphatic heterocycles. The lowest BCUT2D eigenvalue weighted by atomic mass is 10.2. The maximum absolute atomic E-state index is 5.86. The van der Waals surface area contributed by atoms with Gasteiger partial charge in [-0.2, -0.15) is 0 Å². The Morgan fingerprint density at radius 2 is 2.14 bits per heavy atom. The fraction of sp³-hybridized carbons (Fsp3) is 0.647. The van der Waals surface area contributed by atoms with Crippen LogP contribution < -0.4 is 14.8 Å². The quantitative estimate of drug-likeness (QED) is 0.830. The Hall–Kier alpha value is -1.30. The van der Waals surface area contributed by atoms with Gasteiger partial charge in [0.25, 0.3) is 0 Å². The third kappa shape index (κ3) is 3.91. The molecule has 1 unspecified atom stereocenters. The van der Waals surface area contributed by atoms with E-state index in [1.807, 2.05) is 18.2 Å². The number of hydrogen-bond donors (Lipinski definition) is 1. The average molecular weight is 306 g/mol. The van der Waals surface area contributed by atoms with Crippen molar-refractivity contribution >= 4 is 0 Å². The molecule has 122 valence electrons. The van der Waals surface area contributed by atoms with E-state index in [9.17, 15) is 0 Å². The summed E-state index contributed by atoms with van der Waals surface area (Å²) in [5, 5.41) is 3.49. The van der Waals surface area contributed by atoms with Gasteiger partial charge in [-0.1, -0.05) is 6.07 Å². The van der Waals surface area contributed by atoms with Crippen molar-refractivity contribution in [3.05, 3.63) is 23.8 Å². The van der Waals surface area contributed by atoms with E-state index < -0.39 is 0 Å². The number of rotatable bonds is 7. The smallest absolute Gasteiger partial charge is 0.127 e. The number of nitrogens with one attached hydrogen (secondary N) is 1. The first kappa shape index (κ1) is 15.6. The van der Waals surface area contributed by atoms with E-state index in [-0.39, 0.29) is 0 Å². The molecule has 0 bridgehead atoms. The molecule has 1 aromatic carbocycles. The monoisotopic (exact) mass is 306 g/mol. The molecule has 1 aromatic rings. The van der Waals surface area contributed by atoms with Crippen molar-refractivity contribution in [1.82, 2.24) is 10.2 Å². The number of methoxy groups -OCH3 is 2. The Bertz CT molecular complexity index is 491. The van der Waals surface area contributed by atoms with Crippen molar-refractivity contribution in [2.45, 2.75) is 31.5 Å². The molecular formula is C17H26N2O3. The zero-order valence-electron chi connectivity index (χ0n) is 13.5. The van der Waals surface area contributed by atoms with Crippen LogP contribution in [0.5, 0.6) is 11.5 Å². The molecule has 22 heavy (non-hydrogen) atoms. The molecule has 1 saturated heterocycles. The first-order valence-electron chi connectivity index (χ1n) is 8.07. The minimum atomic E-state index is 0.290. The lowest BCUT2D eigenvalue weighted by Crippen LogP contribution is -2.47. The number of ether oxygens (including phenoxy) is 3. The van der Waals surface area contributed by atoms with Crippen molar-refractivity contribution in [3.63, 3.8) is 0 Å². The van der Waals surface area contributed by atoms with Gasteiger partial charge >= 0.3 is 0 Å². The summed E-state index contributed by atoms with van der Waals surface area (Å²) in [7, 11) is 3.36. The van der Waals surface area contributed by atoms with Crippen LogP contribution >= 0.6 is 0 Å². The molecule has 0 radical (unpaired) electrons. The third-order valence-corrected chi connectivity index (χ3v) is 4.42. The van der Waals surface area contributed by atoms with Crippen molar-refractivity contribution in [2.75, 3.05) is 40.5 Å². The molecule has 2 fully saturated rings. The van der Waals surface area contributed by atoms with Gasteiger partial charge in [0.15, 0.2) is 0 Å². The van der Waals surface area contributed by atoms with Crippen molar-refractivity contribution in [1.29, 1.82) is 0 Å². The Morgan fingerprint density at radius 3 is 2.86 bits per heavy atom. The van der Waals surface area contributed by atoms with E-state index >= 15 is 0 Å². The molecule has 1 saturated carbocycles. The van der Waals surface area contributed by atoms with Crippen LogP contribution in [-0.2, 0) is 11.3 Å². The highest BCUT2D eigenvalue weighted by Gasteiger charge is 2.32. The van der Waals surface area contributed by atoms with Crippen LogP contribution in [-0.4, -0.2) is 57.5 Å². The molecule has 0 amide bonds. The second kappa shape index (κ2) is 7.31. The van der Waals surface area contributed by atoms with Crippen molar-refractivity contribution < 1.29 is 14.2 Å². The van der Waals surface area contributed by atoms with Crippen LogP contribution in [0.15, 0.2) is 18.2 Å². The minimum absolute atomic E-state index is 0.290. The number of hydrogen-bond acceptors (Lipinski definition) is 5. The summed E-state index contributed by atoms with van der Waals surface area (Å²) in [6.45, 7) is 4.65. The van der Waals surface area contributed by atoms with Crippen LogP contribution in [0.1, 0.15) is 18.4 Å². The topological polar surface area (TPSA) is 43.0 Å². The van der Waals surface area contributed by atoms with E-state index in [0.29, 0.717) is 6.10 Å². The average Bonchev–Trinajstić information content (AvgIpc) is 3.40. The predicted octanol–water partition coefficient (Wildman–Crippen LogP) is 1.66. The highest BCUT2D eigenvalue weighted by molar-refractivity contribution is 5.40. The molecule has 1 heterocycles. The molecule has 1 aliphatic carbocycles. The van der Waals surface area contributed by atoms with E-state index in [1.54, 1.807) is 14.2 Å². The van der Waals surface area contributed by atoms with Gasteiger partial charge in [-0.05, 0) is 18.9 Å². The summed E-state index contributed by atoms with van der Waals surface area (Å²) in [6, 6.07) is 6.75. The minimum Gasteiger partial charge on any atom is -0.497 e. The van der Waals surface area contributed by atoms with E-state index in [0.717, 1.165) is 55.9 Å². The summed E-state index contributed by atoms with van der Waals surface area (Å²) >= 11 is 0. The lowest BCUT2D eigenvalue weighted by Gasteiger charge is -2.33. The van der Waals surface area contributed by atoms with Crippen LogP contribution in [0, 0.1) is 0 Å². The molecule has 5 nitrogen and oxygen atoms in total. The Kier molecular flexibility index (Phi) is 5.18. The Labute approximate surface area is 132 Å². The number of morpholine rings is 1. The van der Waals surface area contributed by atoms with Gasteiger partial charge in [0.2, 0.25) is 0 Å². The Balaban J connectivity index is 1.48.